The summed E-state index contributed by atoms with van der Waals surface area (Å²) in [6.45, 7) is 1.32. The lowest BCUT2D eigenvalue weighted by molar-refractivity contribution is 0.0730. The Balaban J connectivity index is 1.66. The van der Waals surface area contributed by atoms with Crippen molar-refractivity contribution in [2.24, 2.45) is 0 Å². The Kier molecular flexibility index (Phi) is 7.12. The molecule has 1 fully saturated rings. The minimum Gasteiger partial charge on any atom is -0.379 e. The van der Waals surface area contributed by atoms with Gasteiger partial charge in [-0.05, 0) is 36.4 Å². The maximum absolute atomic E-state index is 12.7. The zero-order valence-corrected chi connectivity index (χ0v) is 18.9. The summed E-state index contributed by atoms with van der Waals surface area (Å²) >= 11 is 0. The fourth-order valence-electron chi connectivity index (χ4n) is 3.01. The molecule has 1 N–H and O–H groups in total. The third-order valence-electron chi connectivity index (χ3n) is 4.85. The highest BCUT2D eigenvalue weighted by Crippen LogP contribution is 2.20. The number of anilines is 1. The zero-order valence-electron chi connectivity index (χ0n) is 17.3. The molecule has 11 heteroatoms. The van der Waals surface area contributed by atoms with Crippen LogP contribution in [0.15, 0.2) is 58.3 Å². The van der Waals surface area contributed by atoms with Gasteiger partial charge in [-0.3, -0.25) is 4.79 Å². The van der Waals surface area contributed by atoms with E-state index in [1.807, 2.05) is 0 Å². The SMILES string of the molecule is CN(C)S(=O)(=O)c1cccc(C(=O)CNc2ccc(S(=O)(=O)N3CCOCC3)cc2)c1. The summed E-state index contributed by atoms with van der Waals surface area (Å²) in [5.41, 5.74) is 0.841. The van der Waals surface area contributed by atoms with Crippen molar-refractivity contribution in [2.75, 3.05) is 52.3 Å². The first-order valence-corrected chi connectivity index (χ1v) is 12.5. The molecule has 0 atom stereocenters. The van der Waals surface area contributed by atoms with Crippen molar-refractivity contribution in [3.8, 4) is 0 Å². The van der Waals surface area contributed by atoms with E-state index in [1.54, 1.807) is 18.2 Å². The molecular weight excluding hydrogens is 442 g/mol. The molecule has 9 nitrogen and oxygen atoms in total. The molecule has 1 aliphatic rings. The Morgan fingerprint density at radius 2 is 1.65 bits per heavy atom. The Labute approximate surface area is 182 Å². The molecule has 0 aliphatic carbocycles. The Bertz CT molecular complexity index is 1140. The van der Waals surface area contributed by atoms with Crippen LogP contribution >= 0.6 is 0 Å². The Morgan fingerprint density at radius 3 is 2.26 bits per heavy atom. The standard InChI is InChI=1S/C20H25N3O6S2/c1-22(2)30(25,26)19-5-3-4-16(14-19)20(24)15-21-17-6-8-18(9-7-17)31(27,28)23-10-12-29-13-11-23/h3-9,14,21H,10-13,15H2,1-2H3. The van der Waals surface area contributed by atoms with Crippen LogP contribution in [0.1, 0.15) is 10.4 Å². The van der Waals surface area contributed by atoms with E-state index in [0.717, 1.165) is 4.31 Å². The van der Waals surface area contributed by atoms with Gasteiger partial charge in [0, 0.05) is 38.4 Å². The number of nitrogens with zero attached hydrogens (tertiary/aromatic N) is 2. The number of sulfonamides is 2. The average molecular weight is 468 g/mol. The van der Waals surface area contributed by atoms with Gasteiger partial charge in [-0.25, -0.2) is 21.1 Å². The fraction of sp³-hybridized carbons (Fsp3) is 0.350. The van der Waals surface area contributed by atoms with Crippen LogP contribution in [0.2, 0.25) is 0 Å². The summed E-state index contributed by atoms with van der Waals surface area (Å²) in [6, 6.07) is 12.0. The summed E-state index contributed by atoms with van der Waals surface area (Å²) in [5.74, 6) is -0.291. The van der Waals surface area contributed by atoms with E-state index in [-0.39, 0.29) is 27.7 Å². The predicted octanol–water partition coefficient (Wildman–Crippen LogP) is 1.25. The molecule has 3 rings (SSSR count). The van der Waals surface area contributed by atoms with Gasteiger partial charge >= 0.3 is 0 Å². The average Bonchev–Trinajstić information content (AvgIpc) is 2.78. The van der Waals surface area contributed by atoms with Crippen LogP contribution in [0, 0.1) is 0 Å². The molecule has 0 bridgehead atoms. The third-order valence-corrected chi connectivity index (χ3v) is 8.57. The predicted molar refractivity (Wildman–Crippen MR) is 116 cm³/mol. The minimum absolute atomic E-state index is 0.0426. The number of morpholine rings is 1. The maximum atomic E-state index is 12.7. The first kappa shape index (κ1) is 23.4. The molecule has 0 aromatic heterocycles. The van der Waals surface area contributed by atoms with Crippen LogP contribution in [0.5, 0.6) is 0 Å². The molecule has 1 heterocycles. The van der Waals surface area contributed by atoms with E-state index < -0.39 is 20.0 Å². The summed E-state index contributed by atoms with van der Waals surface area (Å²) < 4.78 is 57.5. The maximum Gasteiger partial charge on any atom is 0.243 e. The summed E-state index contributed by atoms with van der Waals surface area (Å²) in [4.78, 5) is 12.7. The van der Waals surface area contributed by atoms with E-state index in [2.05, 4.69) is 5.32 Å². The number of hydrogen-bond acceptors (Lipinski definition) is 7. The highest BCUT2D eigenvalue weighted by molar-refractivity contribution is 7.89. The van der Waals surface area contributed by atoms with Crippen molar-refractivity contribution in [1.82, 2.24) is 8.61 Å². The van der Waals surface area contributed by atoms with Crippen LogP contribution in [0.4, 0.5) is 5.69 Å². The monoisotopic (exact) mass is 467 g/mol. The van der Waals surface area contributed by atoms with Crippen LogP contribution in [0.3, 0.4) is 0 Å². The first-order valence-electron chi connectivity index (χ1n) is 9.60. The number of carbonyl (C=O) groups is 1. The number of Topliss-reactive ketones (excluding diaryl/α,β-unsaturated/α-hetero) is 1. The molecule has 1 saturated heterocycles. The highest BCUT2D eigenvalue weighted by Gasteiger charge is 2.26. The van der Waals surface area contributed by atoms with E-state index >= 15 is 0 Å². The third kappa shape index (κ3) is 5.31. The van der Waals surface area contributed by atoms with Crippen molar-refractivity contribution in [1.29, 1.82) is 0 Å². The molecule has 31 heavy (non-hydrogen) atoms. The van der Waals surface area contributed by atoms with Gasteiger partial charge in [0.1, 0.15) is 0 Å². The fourth-order valence-corrected chi connectivity index (χ4v) is 5.36. The smallest absolute Gasteiger partial charge is 0.243 e. The Hall–Kier alpha value is -2.31. The Morgan fingerprint density at radius 1 is 1.00 bits per heavy atom. The van der Waals surface area contributed by atoms with Gasteiger partial charge in [-0.15, -0.1) is 0 Å². The number of hydrogen-bond donors (Lipinski definition) is 1. The van der Waals surface area contributed by atoms with E-state index in [9.17, 15) is 21.6 Å². The van der Waals surface area contributed by atoms with Gasteiger partial charge in [0.2, 0.25) is 20.0 Å². The molecule has 2 aromatic carbocycles. The molecule has 0 saturated carbocycles. The number of benzene rings is 2. The second kappa shape index (κ2) is 9.45. The highest BCUT2D eigenvalue weighted by atomic mass is 32.2. The van der Waals surface area contributed by atoms with Crippen LogP contribution in [-0.2, 0) is 24.8 Å². The second-order valence-electron chi connectivity index (χ2n) is 7.13. The molecular formula is C20H25N3O6S2. The summed E-state index contributed by atoms with van der Waals surface area (Å²) in [7, 11) is -4.37. The number of carbonyl (C=O) groups excluding carboxylic acids is 1. The van der Waals surface area contributed by atoms with Gasteiger partial charge in [0.25, 0.3) is 0 Å². The molecule has 168 valence electrons. The van der Waals surface area contributed by atoms with Gasteiger partial charge < -0.3 is 10.1 Å². The molecule has 2 aromatic rings. The lowest BCUT2D eigenvalue weighted by atomic mass is 10.1. The number of rotatable bonds is 8. The number of ether oxygens (including phenoxy) is 1. The van der Waals surface area contributed by atoms with Crippen LogP contribution in [-0.4, -0.2) is 78.2 Å². The lowest BCUT2D eigenvalue weighted by Gasteiger charge is -2.26. The van der Waals surface area contributed by atoms with E-state index in [0.29, 0.717) is 32.0 Å². The minimum atomic E-state index is -3.64. The zero-order chi connectivity index (χ0) is 22.6. The molecule has 0 radical (unpaired) electrons. The lowest BCUT2D eigenvalue weighted by Crippen LogP contribution is -2.40. The number of ketones is 1. The topological polar surface area (TPSA) is 113 Å². The van der Waals surface area contributed by atoms with Crippen molar-refractivity contribution in [2.45, 2.75) is 9.79 Å². The summed E-state index contributed by atoms with van der Waals surface area (Å²) in [5, 5.41) is 2.94. The van der Waals surface area contributed by atoms with Gasteiger partial charge in [-0.2, -0.15) is 4.31 Å². The van der Waals surface area contributed by atoms with Gasteiger partial charge in [-0.1, -0.05) is 12.1 Å². The van der Waals surface area contributed by atoms with Crippen molar-refractivity contribution in [3.05, 3.63) is 54.1 Å². The first-order chi connectivity index (χ1) is 14.6. The van der Waals surface area contributed by atoms with Crippen molar-refractivity contribution in [3.63, 3.8) is 0 Å². The van der Waals surface area contributed by atoms with Crippen molar-refractivity contribution < 1.29 is 26.4 Å². The second-order valence-corrected chi connectivity index (χ2v) is 11.2. The molecule has 1 aliphatic heterocycles. The number of nitrogens with one attached hydrogen (secondary N) is 1. The molecule has 0 unspecified atom stereocenters. The van der Waals surface area contributed by atoms with Gasteiger partial charge in [0.15, 0.2) is 5.78 Å². The van der Waals surface area contributed by atoms with Crippen molar-refractivity contribution >= 4 is 31.5 Å². The normalized spacial score (nSPS) is 15.7. The molecule has 0 spiro atoms. The summed E-state index contributed by atoms with van der Waals surface area (Å²) in [6.07, 6.45) is 0. The molecule has 0 amide bonds. The van der Waals surface area contributed by atoms with Crippen LogP contribution in [0.25, 0.3) is 0 Å². The van der Waals surface area contributed by atoms with E-state index in [4.69, 9.17) is 4.74 Å². The van der Waals surface area contributed by atoms with Gasteiger partial charge in [0.05, 0.1) is 29.5 Å². The largest absolute Gasteiger partial charge is 0.379 e. The van der Waals surface area contributed by atoms with Crippen LogP contribution < -0.4 is 5.32 Å². The quantitative estimate of drug-likeness (QED) is 0.582. The van der Waals surface area contributed by atoms with E-state index in [1.165, 1.54) is 48.7 Å².